The summed E-state index contributed by atoms with van der Waals surface area (Å²) in [6.07, 6.45) is 4.17. The van der Waals surface area contributed by atoms with Crippen LogP contribution in [-0.2, 0) is 0 Å². The van der Waals surface area contributed by atoms with Gasteiger partial charge >= 0.3 is 6.03 Å². The Morgan fingerprint density at radius 2 is 2.26 bits per heavy atom. The van der Waals surface area contributed by atoms with Crippen molar-refractivity contribution in [1.29, 1.82) is 0 Å². The maximum Gasteiger partial charge on any atom is 0.319 e. The van der Waals surface area contributed by atoms with Gasteiger partial charge < -0.3 is 15.7 Å². The Morgan fingerprint density at radius 3 is 2.84 bits per heavy atom. The summed E-state index contributed by atoms with van der Waals surface area (Å²) in [6, 6.07) is 1.42. The first-order chi connectivity index (χ1) is 8.86. The lowest BCUT2D eigenvalue weighted by atomic mass is 9.89. The molecule has 5 heteroatoms. The standard InChI is InChI=1S/C14H23N3O2/c1-5-11(3)14(4,19)9-16-13(18)17-12-6-7-15-8-10(12)2/h6-8,11,19H,5,9H2,1-4H3,(H2,15,16,17,18). The molecule has 0 aliphatic carbocycles. The predicted octanol–water partition coefficient (Wildman–Crippen LogP) is 2.31. The third kappa shape index (κ3) is 4.52. The fourth-order valence-corrected chi connectivity index (χ4v) is 1.65. The van der Waals surface area contributed by atoms with E-state index < -0.39 is 5.60 Å². The van der Waals surface area contributed by atoms with Crippen LogP contribution in [0.1, 0.15) is 32.8 Å². The molecule has 2 amide bonds. The van der Waals surface area contributed by atoms with Gasteiger partial charge in [0.2, 0.25) is 0 Å². The molecule has 0 radical (unpaired) electrons. The van der Waals surface area contributed by atoms with E-state index in [1.54, 1.807) is 25.4 Å². The van der Waals surface area contributed by atoms with Crippen molar-refractivity contribution in [1.82, 2.24) is 10.3 Å². The number of rotatable bonds is 5. The van der Waals surface area contributed by atoms with E-state index in [9.17, 15) is 9.90 Å². The SMILES string of the molecule is CCC(C)C(C)(O)CNC(=O)Nc1ccncc1C. The summed E-state index contributed by atoms with van der Waals surface area (Å²) in [7, 11) is 0. The maximum absolute atomic E-state index is 11.8. The number of amides is 2. The van der Waals surface area contributed by atoms with Gasteiger partial charge in [-0.25, -0.2) is 4.79 Å². The molecule has 1 rings (SSSR count). The monoisotopic (exact) mass is 265 g/mol. The van der Waals surface area contributed by atoms with Gasteiger partial charge in [0.05, 0.1) is 5.60 Å². The zero-order valence-corrected chi connectivity index (χ0v) is 12.0. The molecule has 0 saturated carbocycles. The van der Waals surface area contributed by atoms with E-state index in [0.29, 0.717) is 0 Å². The molecule has 0 aromatic carbocycles. The van der Waals surface area contributed by atoms with Crippen molar-refractivity contribution < 1.29 is 9.90 Å². The second-order valence-corrected chi connectivity index (χ2v) is 5.16. The first-order valence-electron chi connectivity index (χ1n) is 6.54. The van der Waals surface area contributed by atoms with Crippen molar-refractivity contribution in [3.63, 3.8) is 0 Å². The van der Waals surface area contributed by atoms with Gasteiger partial charge in [-0.2, -0.15) is 0 Å². The van der Waals surface area contributed by atoms with Crippen molar-refractivity contribution in [2.24, 2.45) is 5.92 Å². The highest BCUT2D eigenvalue weighted by atomic mass is 16.3. The second kappa shape index (κ2) is 6.52. The van der Waals surface area contributed by atoms with E-state index in [1.807, 2.05) is 20.8 Å². The largest absolute Gasteiger partial charge is 0.388 e. The van der Waals surface area contributed by atoms with E-state index in [4.69, 9.17) is 0 Å². The number of carbonyl (C=O) groups is 1. The van der Waals surface area contributed by atoms with E-state index in [1.165, 1.54) is 0 Å². The summed E-state index contributed by atoms with van der Waals surface area (Å²) < 4.78 is 0. The number of nitrogens with zero attached hydrogens (tertiary/aromatic N) is 1. The van der Waals surface area contributed by atoms with Gasteiger partial charge in [-0.05, 0) is 31.4 Å². The third-order valence-electron chi connectivity index (χ3n) is 3.55. The van der Waals surface area contributed by atoms with Crippen LogP contribution in [0.15, 0.2) is 18.5 Å². The number of aliphatic hydroxyl groups is 1. The fraction of sp³-hybridized carbons (Fsp3) is 0.571. The highest BCUT2D eigenvalue weighted by Crippen LogP contribution is 2.19. The molecular formula is C14H23N3O2. The zero-order chi connectivity index (χ0) is 14.5. The topological polar surface area (TPSA) is 74.2 Å². The molecule has 0 spiro atoms. The number of aromatic nitrogens is 1. The summed E-state index contributed by atoms with van der Waals surface area (Å²) in [5.74, 6) is 0.121. The summed E-state index contributed by atoms with van der Waals surface area (Å²) in [6.45, 7) is 7.81. The van der Waals surface area contributed by atoms with Crippen LogP contribution >= 0.6 is 0 Å². The van der Waals surface area contributed by atoms with Gasteiger partial charge in [-0.15, -0.1) is 0 Å². The number of hydrogen-bond donors (Lipinski definition) is 3. The average molecular weight is 265 g/mol. The Bertz CT molecular complexity index is 432. The van der Waals surface area contributed by atoms with Crippen LogP contribution in [0.5, 0.6) is 0 Å². The minimum absolute atomic E-state index is 0.121. The molecule has 2 atom stereocenters. The minimum Gasteiger partial charge on any atom is -0.388 e. The molecule has 1 heterocycles. The molecule has 1 aromatic heterocycles. The summed E-state index contributed by atoms with van der Waals surface area (Å²) >= 11 is 0. The van der Waals surface area contributed by atoms with E-state index in [0.717, 1.165) is 17.7 Å². The molecular weight excluding hydrogens is 242 g/mol. The number of hydrogen-bond acceptors (Lipinski definition) is 3. The van der Waals surface area contributed by atoms with Crippen LogP contribution < -0.4 is 10.6 Å². The molecule has 5 nitrogen and oxygen atoms in total. The Morgan fingerprint density at radius 1 is 1.58 bits per heavy atom. The third-order valence-corrected chi connectivity index (χ3v) is 3.55. The van der Waals surface area contributed by atoms with E-state index in [-0.39, 0.29) is 18.5 Å². The van der Waals surface area contributed by atoms with Gasteiger partial charge in [0.15, 0.2) is 0 Å². The van der Waals surface area contributed by atoms with Gasteiger partial charge in [0, 0.05) is 24.6 Å². The Labute approximate surface area is 114 Å². The molecule has 3 N–H and O–H groups in total. The van der Waals surface area contributed by atoms with Crippen molar-refractivity contribution in [3.8, 4) is 0 Å². The van der Waals surface area contributed by atoms with Gasteiger partial charge in [-0.3, -0.25) is 4.98 Å². The van der Waals surface area contributed by atoms with Gasteiger partial charge in [0.25, 0.3) is 0 Å². The molecule has 1 aromatic rings. The van der Waals surface area contributed by atoms with Gasteiger partial charge in [0.1, 0.15) is 0 Å². The number of anilines is 1. The van der Waals surface area contributed by atoms with E-state index >= 15 is 0 Å². The highest BCUT2D eigenvalue weighted by Gasteiger charge is 2.27. The first kappa shape index (κ1) is 15.4. The zero-order valence-electron chi connectivity index (χ0n) is 12.0. The van der Waals surface area contributed by atoms with Crippen LogP contribution in [0.25, 0.3) is 0 Å². The number of aryl methyl sites for hydroxylation is 1. The first-order valence-corrected chi connectivity index (χ1v) is 6.54. The molecule has 0 saturated heterocycles. The van der Waals surface area contributed by atoms with Crippen LogP contribution in [0.3, 0.4) is 0 Å². The Hall–Kier alpha value is -1.62. The molecule has 0 bridgehead atoms. The van der Waals surface area contributed by atoms with Crippen LogP contribution in [0.4, 0.5) is 10.5 Å². The fourth-order valence-electron chi connectivity index (χ4n) is 1.65. The lowest BCUT2D eigenvalue weighted by Gasteiger charge is -2.29. The number of pyridine rings is 1. The lowest BCUT2D eigenvalue weighted by molar-refractivity contribution is 0.00827. The Balaban J connectivity index is 2.51. The van der Waals surface area contributed by atoms with Crippen LogP contribution in [-0.4, -0.2) is 28.3 Å². The van der Waals surface area contributed by atoms with Crippen molar-refractivity contribution in [3.05, 3.63) is 24.0 Å². The molecule has 0 fully saturated rings. The maximum atomic E-state index is 11.8. The number of carbonyl (C=O) groups excluding carboxylic acids is 1. The molecule has 2 unspecified atom stereocenters. The summed E-state index contributed by atoms with van der Waals surface area (Å²) in [5, 5.41) is 15.6. The highest BCUT2D eigenvalue weighted by molar-refractivity contribution is 5.89. The van der Waals surface area contributed by atoms with Crippen LogP contribution in [0, 0.1) is 12.8 Å². The molecule has 106 valence electrons. The summed E-state index contributed by atoms with van der Waals surface area (Å²) in [4.78, 5) is 15.7. The van der Waals surface area contributed by atoms with Crippen LogP contribution in [0.2, 0.25) is 0 Å². The quantitative estimate of drug-likeness (QED) is 0.764. The molecule has 0 aliphatic heterocycles. The van der Waals surface area contributed by atoms with E-state index in [2.05, 4.69) is 15.6 Å². The predicted molar refractivity (Wildman–Crippen MR) is 76.1 cm³/mol. The Kier molecular flexibility index (Phi) is 5.30. The lowest BCUT2D eigenvalue weighted by Crippen LogP contribution is -2.46. The van der Waals surface area contributed by atoms with Crippen molar-refractivity contribution in [2.45, 2.75) is 39.7 Å². The number of nitrogens with one attached hydrogen (secondary N) is 2. The molecule has 19 heavy (non-hydrogen) atoms. The van der Waals surface area contributed by atoms with Gasteiger partial charge in [-0.1, -0.05) is 20.3 Å². The minimum atomic E-state index is -0.903. The van der Waals surface area contributed by atoms with Crippen molar-refractivity contribution >= 4 is 11.7 Å². The van der Waals surface area contributed by atoms with Crippen molar-refractivity contribution in [2.75, 3.05) is 11.9 Å². The smallest absolute Gasteiger partial charge is 0.319 e. The number of urea groups is 1. The summed E-state index contributed by atoms with van der Waals surface area (Å²) in [5.41, 5.74) is 0.710. The normalized spacial score (nSPS) is 15.4. The average Bonchev–Trinajstić information content (AvgIpc) is 2.38. The molecule has 0 aliphatic rings. The second-order valence-electron chi connectivity index (χ2n) is 5.16.